The minimum absolute atomic E-state index is 0.0474. The van der Waals surface area contributed by atoms with Crippen LogP contribution in [0.5, 0.6) is 5.88 Å². The second kappa shape index (κ2) is 11.5. The highest BCUT2D eigenvalue weighted by atomic mass is 35.5. The average Bonchev–Trinajstić information content (AvgIpc) is 3.20. The third kappa shape index (κ3) is 6.70. The smallest absolute Gasteiger partial charge is 0.410 e. The summed E-state index contributed by atoms with van der Waals surface area (Å²) < 4.78 is 11.7. The Balaban J connectivity index is 0.999. The molecule has 3 N–H and O–H groups in total. The number of nitrogen functional groups attached to an aromatic ring is 1. The zero-order chi connectivity index (χ0) is 30.4. The molecule has 12 heteroatoms. The summed E-state index contributed by atoms with van der Waals surface area (Å²) in [6.45, 7) is 8.06. The molecule has 2 aromatic rings. The van der Waals surface area contributed by atoms with Crippen LogP contribution >= 0.6 is 11.6 Å². The molecule has 1 amide bonds. The van der Waals surface area contributed by atoms with E-state index in [1.165, 1.54) is 0 Å². The van der Waals surface area contributed by atoms with Gasteiger partial charge in [0.25, 0.3) is 0 Å². The van der Waals surface area contributed by atoms with Gasteiger partial charge in [-0.05, 0) is 52.5 Å². The summed E-state index contributed by atoms with van der Waals surface area (Å²) in [5.41, 5.74) is 6.47. The van der Waals surface area contributed by atoms with Crippen molar-refractivity contribution in [3.63, 3.8) is 0 Å². The van der Waals surface area contributed by atoms with Crippen LogP contribution in [0.1, 0.15) is 59.3 Å². The van der Waals surface area contributed by atoms with Gasteiger partial charge in [-0.3, -0.25) is 0 Å². The topological polar surface area (TPSA) is 130 Å². The number of halogens is 1. The van der Waals surface area contributed by atoms with Crippen LogP contribution in [0.25, 0.3) is 0 Å². The lowest BCUT2D eigenvalue weighted by Gasteiger charge is -2.43. The highest BCUT2D eigenvalue weighted by Gasteiger charge is 2.41. The quantitative estimate of drug-likeness (QED) is 0.492. The number of anilines is 3. The number of fused-ring (bicyclic) bond motifs is 2. The van der Waals surface area contributed by atoms with E-state index in [4.69, 9.17) is 26.8 Å². The lowest BCUT2D eigenvalue weighted by atomic mass is 9.81. The zero-order valence-corrected chi connectivity index (χ0v) is 25.8. The number of nitrogens with two attached hydrogens (primary N) is 1. The Kier molecular flexibility index (Phi) is 7.94. The van der Waals surface area contributed by atoms with Crippen molar-refractivity contribution in [1.82, 2.24) is 20.1 Å². The molecule has 2 unspecified atom stereocenters. The van der Waals surface area contributed by atoms with Crippen molar-refractivity contribution in [3.05, 3.63) is 29.5 Å². The van der Waals surface area contributed by atoms with Crippen molar-refractivity contribution in [2.24, 2.45) is 5.92 Å². The van der Waals surface area contributed by atoms with Gasteiger partial charge in [-0.25, -0.2) is 9.78 Å². The zero-order valence-electron chi connectivity index (χ0n) is 25.0. The minimum atomic E-state index is -1.07. The number of aromatic nitrogens is 3. The molecule has 3 aliphatic heterocycles. The van der Waals surface area contributed by atoms with Crippen LogP contribution in [0.4, 0.5) is 22.0 Å². The highest BCUT2D eigenvalue weighted by molar-refractivity contribution is 6.29. The number of amides is 1. The Bertz CT molecular complexity index is 1390. The van der Waals surface area contributed by atoms with Crippen LogP contribution < -0.4 is 20.3 Å². The lowest BCUT2D eigenvalue weighted by molar-refractivity contribution is -0.00537. The van der Waals surface area contributed by atoms with Crippen LogP contribution in [-0.4, -0.2) is 86.8 Å². The first-order chi connectivity index (χ1) is 20.4. The first kappa shape index (κ1) is 29.6. The predicted molar refractivity (Wildman–Crippen MR) is 164 cm³/mol. The monoisotopic (exact) mass is 609 g/mol. The third-order valence-electron chi connectivity index (χ3n) is 8.74. The first-order valence-corrected chi connectivity index (χ1v) is 15.5. The number of pyridine rings is 1. The molecule has 1 saturated carbocycles. The molecule has 2 bridgehead atoms. The van der Waals surface area contributed by atoms with Gasteiger partial charge in [0.1, 0.15) is 17.3 Å². The van der Waals surface area contributed by atoms with Gasteiger partial charge < -0.3 is 35.0 Å². The second-order valence-corrected chi connectivity index (χ2v) is 13.6. The summed E-state index contributed by atoms with van der Waals surface area (Å²) in [5.74, 6) is 7.57. The molecule has 4 aliphatic rings. The molecule has 0 spiro atoms. The first-order valence-electron chi connectivity index (χ1n) is 15.1. The van der Waals surface area contributed by atoms with Crippen LogP contribution in [-0.2, 0) is 4.74 Å². The van der Waals surface area contributed by atoms with Crippen molar-refractivity contribution in [3.8, 4) is 17.7 Å². The number of carbonyl (C=O) groups excluding carboxylic acids is 1. The molecule has 43 heavy (non-hydrogen) atoms. The van der Waals surface area contributed by atoms with Gasteiger partial charge in [-0.2, -0.15) is 0 Å². The van der Waals surface area contributed by atoms with Gasteiger partial charge in [0.2, 0.25) is 5.88 Å². The van der Waals surface area contributed by atoms with Crippen LogP contribution in [0.2, 0.25) is 5.15 Å². The van der Waals surface area contributed by atoms with E-state index in [9.17, 15) is 9.90 Å². The molecule has 0 radical (unpaired) electrons. The van der Waals surface area contributed by atoms with E-state index in [1.54, 1.807) is 11.0 Å². The highest BCUT2D eigenvalue weighted by Crippen LogP contribution is 2.39. The van der Waals surface area contributed by atoms with Crippen molar-refractivity contribution in [2.75, 3.05) is 41.7 Å². The van der Waals surface area contributed by atoms with E-state index in [1.807, 2.05) is 33.0 Å². The number of hydrogen-bond donors (Lipinski definition) is 2. The van der Waals surface area contributed by atoms with Crippen molar-refractivity contribution >= 4 is 34.9 Å². The average molecular weight is 610 g/mol. The van der Waals surface area contributed by atoms with E-state index in [2.05, 4.69) is 42.9 Å². The maximum absolute atomic E-state index is 12.3. The summed E-state index contributed by atoms with van der Waals surface area (Å²) in [6, 6.07) is 6.57. The van der Waals surface area contributed by atoms with Gasteiger partial charge in [0.15, 0.2) is 11.0 Å². The summed E-state index contributed by atoms with van der Waals surface area (Å²) in [7, 11) is 0. The molecule has 2 aromatic heterocycles. The standard InChI is InChI=1S/C31H40ClN7O4/c1-30(2,3)43-29(40)37-12-9-31(41,10-13-37)8-6-20-14-24(15-20)42-27-16-21(7-11-34-27)39-22-4-5-23(39)19-38(18-22)25-17-26(32)35-36-28(25)33/h7,11,16-17,20,22-24,41H,4-5,9-10,12-15,18-19H2,1-3H3,(H2,33,36)/t20-,22?,23?,24-. The summed E-state index contributed by atoms with van der Waals surface area (Å²) in [5, 5.41) is 19.1. The summed E-state index contributed by atoms with van der Waals surface area (Å²) >= 11 is 6.10. The molecule has 2 atom stereocenters. The van der Waals surface area contributed by atoms with E-state index in [0.717, 1.165) is 50.1 Å². The second-order valence-electron chi connectivity index (χ2n) is 13.2. The fourth-order valence-electron chi connectivity index (χ4n) is 6.46. The summed E-state index contributed by atoms with van der Waals surface area (Å²) in [4.78, 5) is 23.2. The van der Waals surface area contributed by atoms with Crippen molar-refractivity contribution < 1.29 is 19.4 Å². The van der Waals surface area contributed by atoms with Gasteiger partial charge in [0.05, 0.1) is 5.69 Å². The molecule has 230 valence electrons. The van der Waals surface area contributed by atoms with E-state index in [0.29, 0.717) is 54.9 Å². The fraction of sp³-hybridized carbons (Fsp3) is 0.613. The number of carbonyl (C=O) groups is 1. The molecule has 3 saturated heterocycles. The largest absolute Gasteiger partial charge is 0.474 e. The Labute approximate surface area is 257 Å². The lowest BCUT2D eigenvalue weighted by Crippen LogP contribution is -2.54. The molecular formula is C31H40ClN7O4. The number of ether oxygens (including phenoxy) is 2. The maximum atomic E-state index is 12.3. The minimum Gasteiger partial charge on any atom is -0.474 e. The number of nitrogens with zero attached hydrogens (tertiary/aromatic N) is 6. The number of aliphatic hydroxyl groups is 1. The van der Waals surface area contributed by atoms with Gasteiger partial charge in [-0.1, -0.05) is 23.4 Å². The SMILES string of the molecule is CC(C)(C)OC(=O)N1CCC(O)(C#C[C@H]2C[C@H](Oc3cc(N4C5CCC4CN(c4cc(Cl)nnc4N)C5)ccn3)C2)CC1. The number of likely N-dealkylation sites (tertiary alicyclic amines) is 1. The van der Waals surface area contributed by atoms with E-state index >= 15 is 0 Å². The predicted octanol–water partition coefficient (Wildman–Crippen LogP) is 3.89. The number of rotatable bonds is 4. The van der Waals surface area contributed by atoms with Gasteiger partial charge in [0, 0.05) is 81.0 Å². The maximum Gasteiger partial charge on any atom is 0.410 e. The number of piperidine rings is 1. The van der Waals surface area contributed by atoms with Crippen LogP contribution in [0.15, 0.2) is 24.4 Å². The third-order valence-corrected chi connectivity index (χ3v) is 8.93. The Morgan fingerprint density at radius 2 is 1.84 bits per heavy atom. The Hall–Kier alpha value is -3.49. The van der Waals surface area contributed by atoms with Crippen LogP contribution in [0.3, 0.4) is 0 Å². The number of piperazine rings is 1. The Morgan fingerprint density at radius 3 is 2.51 bits per heavy atom. The summed E-state index contributed by atoms with van der Waals surface area (Å²) in [6.07, 6.45) is 6.15. The van der Waals surface area contributed by atoms with Crippen molar-refractivity contribution in [1.29, 1.82) is 0 Å². The van der Waals surface area contributed by atoms with E-state index < -0.39 is 11.2 Å². The molecule has 11 nitrogen and oxygen atoms in total. The molecular weight excluding hydrogens is 570 g/mol. The molecule has 0 aromatic carbocycles. The fourth-order valence-corrected chi connectivity index (χ4v) is 6.61. The molecule has 5 heterocycles. The normalized spacial score (nSPS) is 26.3. The molecule has 6 rings (SSSR count). The van der Waals surface area contributed by atoms with Gasteiger partial charge in [-0.15, -0.1) is 10.2 Å². The molecule has 1 aliphatic carbocycles. The molecule has 4 fully saturated rings. The van der Waals surface area contributed by atoms with Crippen molar-refractivity contribution in [2.45, 2.75) is 88.7 Å². The van der Waals surface area contributed by atoms with Crippen LogP contribution in [0, 0.1) is 17.8 Å². The van der Waals surface area contributed by atoms with Gasteiger partial charge >= 0.3 is 6.09 Å². The van der Waals surface area contributed by atoms with E-state index in [-0.39, 0.29) is 18.1 Å². The Morgan fingerprint density at radius 1 is 1.14 bits per heavy atom. The number of hydrogen-bond acceptors (Lipinski definition) is 10.